The molecule has 1 atom stereocenters. The average molecular weight is 644 g/mol. The second-order valence-electron chi connectivity index (χ2n) is 12.7. The molecule has 3 aliphatic rings. The van der Waals surface area contributed by atoms with Crippen molar-refractivity contribution in [3.63, 3.8) is 0 Å². The lowest BCUT2D eigenvalue weighted by molar-refractivity contribution is -0.150. The molecule has 3 aliphatic heterocycles. The van der Waals surface area contributed by atoms with E-state index in [0.29, 0.717) is 36.6 Å². The zero-order chi connectivity index (χ0) is 32.7. The molecule has 3 aromatic carbocycles. The first-order valence-corrected chi connectivity index (χ1v) is 16.7. The van der Waals surface area contributed by atoms with E-state index in [9.17, 15) is 13.2 Å². The van der Waals surface area contributed by atoms with Crippen LogP contribution in [0, 0.1) is 17.0 Å². The minimum atomic E-state index is -4.52. The number of hydrogen-bond donors (Lipinski definition) is 1. The number of piperidine rings is 1. The number of benzene rings is 3. The van der Waals surface area contributed by atoms with Crippen molar-refractivity contribution in [3.05, 3.63) is 94.6 Å². The van der Waals surface area contributed by atoms with Crippen molar-refractivity contribution in [2.24, 2.45) is 5.41 Å². The minimum Gasteiger partial charge on any atom is -0.489 e. The third-order valence-electron chi connectivity index (χ3n) is 9.56. The maximum atomic E-state index is 16.1. The van der Waals surface area contributed by atoms with E-state index in [-0.39, 0.29) is 17.5 Å². The van der Waals surface area contributed by atoms with Crippen molar-refractivity contribution in [1.82, 2.24) is 10.2 Å². The molecule has 0 saturated carbocycles. The highest BCUT2D eigenvalue weighted by Crippen LogP contribution is 2.44. The molecule has 3 aromatic rings. The fraction of sp³-hybridized carbons (Fsp3) is 0.514. The van der Waals surface area contributed by atoms with Gasteiger partial charge < -0.3 is 15.0 Å². The number of nitrogens with one attached hydrogen (secondary N) is 1. The van der Waals surface area contributed by atoms with E-state index < -0.39 is 30.4 Å². The van der Waals surface area contributed by atoms with E-state index in [0.717, 1.165) is 74.2 Å². The van der Waals surface area contributed by atoms with Gasteiger partial charge in [0.05, 0.1) is 12.6 Å². The Balaban J connectivity index is 0.00000204. The van der Waals surface area contributed by atoms with Crippen LogP contribution in [0.2, 0.25) is 0 Å². The quantitative estimate of drug-likeness (QED) is 0.272. The van der Waals surface area contributed by atoms with Crippen LogP contribution in [0.5, 0.6) is 5.75 Å². The van der Waals surface area contributed by atoms with E-state index in [4.69, 9.17) is 4.74 Å². The highest BCUT2D eigenvalue weighted by molar-refractivity contribution is 5.53. The largest absolute Gasteiger partial charge is 0.489 e. The molecular formula is C37H46F5N3O. The summed E-state index contributed by atoms with van der Waals surface area (Å²) in [6.07, 6.45) is 2.14. The maximum Gasteiger partial charge on any atom is 0.401 e. The maximum absolute atomic E-state index is 16.1. The lowest BCUT2D eigenvalue weighted by Crippen LogP contribution is -2.45. The van der Waals surface area contributed by atoms with Gasteiger partial charge in [-0.05, 0) is 104 Å². The lowest BCUT2D eigenvalue weighted by atomic mass is 9.72. The van der Waals surface area contributed by atoms with Crippen molar-refractivity contribution in [2.75, 3.05) is 44.2 Å². The van der Waals surface area contributed by atoms with Crippen LogP contribution in [0.3, 0.4) is 0 Å². The summed E-state index contributed by atoms with van der Waals surface area (Å²) in [6, 6.07) is 16.2. The van der Waals surface area contributed by atoms with Gasteiger partial charge in [0.25, 0.3) is 0 Å². The van der Waals surface area contributed by atoms with E-state index in [1.54, 1.807) is 18.2 Å². The molecule has 0 aromatic heterocycles. The molecule has 250 valence electrons. The van der Waals surface area contributed by atoms with Crippen LogP contribution < -0.4 is 15.0 Å². The number of alkyl halides is 3. The van der Waals surface area contributed by atoms with Gasteiger partial charge in [0.2, 0.25) is 0 Å². The summed E-state index contributed by atoms with van der Waals surface area (Å²) in [5.74, 6) is -1.05. The van der Waals surface area contributed by atoms with Crippen LogP contribution in [0.4, 0.5) is 27.6 Å². The second kappa shape index (κ2) is 15.2. The Bertz CT molecular complexity index is 1400. The molecule has 6 rings (SSSR count). The number of anilines is 1. The van der Waals surface area contributed by atoms with Crippen molar-refractivity contribution >= 4 is 5.69 Å². The van der Waals surface area contributed by atoms with Gasteiger partial charge in [0.1, 0.15) is 24.0 Å². The van der Waals surface area contributed by atoms with Gasteiger partial charge in [-0.15, -0.1) is 0 Å². The van der Waals surface area contributed by atoms with Gasteiger partial charge in [-0.25, -0.2) is 8.78 Å². The molecule has 46 heavy (non-hydrogen) atoms. The number of nitrogens with zero attached hydrogens (tertiary/aromatic N) is 2. The Kier molecular flexibility index (Phi) is 11.3. The van der Waals surface area contributed by atoms with E-state index in [2.05, 4.69) is 10.2 Å². The predicted octanol–water partition coefficient (Wildman–Crippen LogP) is 8.83. The number of fused-ring (bicyclic) bond motifs is 1. The fourth-order valence-electron chi connectivity index (χ4n) is 7.50. The Labute approximate surface area is 269 Å². The number of halogens is 5. The zero-order valence-corrected chi connectivity index (χ0v) is 26.9. The molecule has 2 saturated heterocycles. The first-order valence-electron chi connectivity index (χ1n) is 16.7. The first kappa shape index (κ1) is 34.2. The standard InChI is InChI=1S/C35H40F5N3O.C2H6/c36-30-20-27(42-17-6-14-34(23-42)12-4-15-41-16-5-13-34)21-31(37)32(30)33-29-10-9-28(44-22-25-7-2-1-3-8-25)19-26(29)11-18-43(33)24-35(38,39)40;1-2/h1-3,7-10,19-21,33,41H,4-6,11-18,22-24H2;1-2H3. The molecule has 1 N–H and O–H groups in total. The summed E-state index contributed by atoms with van der Waals surface area (Å²) < 4.78 is 79.2. The van der Waals surface area contributed by atoms with Gasteiger partial charge in [-0.2, -0.15) is 13.2 Å². The Morgan fingerprint density at radius 1 is 0.870 bits per heavy atom. The Morgan fingerprint density at radius 2 is 1.54 bits per heavy atom. The molecule has 1 spiro atoms. The number of hydrogen-bond acceptors (Lipinski definition) is 4. The smallest absolute Gasteiger partial charge is 0.401 e. The van der Waals surface area contributed by atoms with Crippen LogP contribution >= 0.6 is 0 Å². The van der Waals surface area contributed by atoms with Crippen LogP contribution in [0.1, 0.15) is 80.7 Å². The topological polar surface area (TPSA) is 27.7 Å². The summed E-state index contributed by atoms with van der Waals surface area (Å²) in [6.45, 7) is 6.51. The third-order valence-corrected chi connectivity index (χ3v) is 9.56. The minimum absolute atomic E-state index is 0.0173. The summed E-state index contributed by atoms with van der Waals surface area (Å²) in [5.41, 5.74) is 2.44. The average Bonchev–Trinajstić information content (AvgIpc) is 3.03. The molecule has 2 fully saturated rings. The van der Waals surface area contributed by atoms with Gasteiger partial charge >= 0.3 is 6.18 Å². The van der Waals surface area contributed by atoms with Crippen LogP contribution in [0.25, 0.3) is 0 Å². The summed E-state index contributed by atoms with van der Waals surface area (Å²) in [7, 11) is 0. The molecule has 4 nitrogen and oxygen atoms in total. The molecular weight excluding hydrogens is 597 g/mol. The van der Waals surface area contributed by atoms with E-state index >= 15 is 8.78 Å². The van der Waals surface area contributed by atoms with Crippen molar-refractivity contribution in [1.29, 1.82) is 0 Å². The van der Waals surface area contributed by atoms with Crippen molar-refractivity contribution in [3.8, 4) is 5.75 Å². The first-order chi connectivity index (χ1) is 22.2. The number of rotatable bonds is 6. The zero-order valence-electron chi connectivity index (χ0n) is 26.9. The van der Waals surface area contributed by atoms with Crippen molar-refractivity contribution < 1.29 is 26.7 Å². The lowest BCUT2D eigenvalue weighted by Gasteiger charge is -2.45. The van der Waals surface area contributed by atoms with Crippen LogP contribution in [0.15, 0.2) is 60.7 Å². The monoisotopic (exact) mass is 643 g/mol. The van der Waals surface area contributed by atoms with Gasteiger partial charge in [-0.3, -0.25) is 4.90 Å². The molecule has 0 radical (unpaired) electrons. The summed E-state index contributed by atoms with van der Waals surface area (Å²) in [5, 5.41) is 3.45. The highest BCUT2D eigenvalue weighted by Gasteiger charge is 2.41. The number of ether oxygens (including phenoxy) is 1. The molecule has 1 unspecified atom stereocenters. The van der Waals surface area contributed by atoms with E-state index in [1.807, 2.05) is 44.2 Å². The molecule has 9 heteroatoms. The third kappa shape index (κ3) is 8.21. The van der Waals surface area contributed by atoms with Gasteiger partial charge in [0.15, 0.2) is 0 Å². The van der Waals surface area contributed by atoms with Crippen LogP contribution in [-0.4, -0.2) is 50.3 Å². The predicted molar refractivity (Wildman–Crippen MR) is 173 cm³/mol. The van der Waals surface area contributed by atoms with Gasteiger partial charge in [-0.1, -0.05) is 50.2 Å². The molecule has 0 bridgehead atoms. The summed E-state index contributed by atoms with van der Waals surface area (Å²) >= 11 is 0. The normalized spacial score (nSPS) is 20.2. The Hall–Kier alpha value is -3.17. The van der Waals surface area contributed by atoms with Gasteiger partial charge in [0, 0.05) is 30.9 Å². The summed E-state index contributed by atoms with van der Waals surface area (Å²) in [4.78, 5) is 3.22. The second-order valence-corrected chi connectivity index (χ2v) is 12.7. The van der Waals surface area contributed by atoms with E-state index in [1.165, 1.54) is 12.1 Å². The SMILES string of the molecule is CC.Fc1cc(N2CCCC3(CCCNCCC3)C2)cc(F)c1C1c2ccc(OCc3ccccc3)cc2CCN1CC(F)(F)F. The van der Waals surface area contributed by atoms with Crippen LogP contribution in [-0.2, 0) is 13.0 Å². The van der Waals surface area contributed by atoms with Crippen molar-refractivity contribution in [2.45, 2.75) is 77.6 Å². The molecule has 3 heterocycles. The Morgan fingerprint density at radius 3 is 2.22 bits per heavy atom. The molecule has 0 aliphatic carbocycles. The molecule has 0 amide bonds. The fourth-order valence-corrected chi connectivity index (χ4v) is 7.50. The highest BCUT2D eigenvalue weighted by atomic mass is 19.4.